The summed E-state index contributed by atoms with van der Waals surface area (Å²) >= 11 is 1.14. The minimum absolute atomic E-state index is 0.298. The van der Waals surface area contributed by atoms with E-state index in [1.54, 1.807) is 25.1 Å². The molecule has 0 unspecified atom stereocenters. The van der Waals surface area contributed by atoms with Gasteiger partial charge < -0.3 is 15.6 Å². The molecule has 3 rings (SSSR count). The summed E-state index contributed by atoms with van der Waals surface area (Å²) in [6.07, 6.45) is 1.51. The maximum atomic E-state index is 13.2. The predicted molar refractivity (Wildman–Crippen MR) is 88.2 cm³/mol. The topological polar surface area (TPSA) is 99.0 Å². The molecule has 7 nitrogen and oxygen atoms in total. The van der Waals surface area contributed by atoms with Crippen molar-refractivity contribution >= 4 is 23.4 Å². The van der Waals surface area contributed by atoms with Crippen LogP contribution < -0.4 is 11.2 Å². The van der Waals surface area contributed by atoms with E-state index in [4.69, 9.17) is 10.3 Å². The number of carbonyl (C=O) groups excluding carboxylic acids is 1. The summed E-state index contributed by atoms with van der Waals surface area (Å²) < 4.78 is 19.6. The van der Waals surface area contributed by atoms with Crippen molar-refractivity contribution in [3.63, 3.8) is 0 Å². The molecule has 3 N–H and O–H groups in total. The Morgan fingerprint density at radius 2 is 2.21 bits per heavy atom. The van der Waals surface area contributed by atoms with Crippen LogP contribution in [0.3, 0.4) is 0 Å². The molecule has 0 fully saturated rings. The number of anilines is 1. The maximum absolute atomic E-state index is 13.2. The van der Waals surface area contributed by atoms with Gasteiger partial charge in [0.2, 0.25) is 16.9 Å². The highest BCUT2D eigenvalue weighted by Gasteiger charge is 2.21. The first kappa shape index (κ1) is 16.1. The third kappa shape index (κ3) is 3.40. The van der Waals surface area contributed by atoms with Crippen molar-refractivity contribution < 1.29 is 13.6 Å². The van der Waals surface area contributed by atoms with Gasteiger partial charge in [0.15, 0.2) is 5.76 Å². The number of nitrogen functional groups attached to an aromatic ring is 1. The van der Waals surface area contributed by atoms with Crippen LogP contribution in [-0.4, -0.2) is 26.0 Å². The van der Waals surface area contributed by atoms with Gasteiger partial charge in [0.25, 0.3) is 0 Å². The number of carbonyl (C=O) groups is 1. The number of rotatable bonds is 5. The molecule has 0 aliphatic rings. The molecule has 0 radical (unpaired) electrons. The molecule has 0 aliphatic carbocycles. The van der Waals surface area contributed by atoms with E-state index >= 15 is 0 Å². The van der Waals surface area contributed by atoms with E-state index in [0.717, 1.165) is 11.8 Å². The zero-order chi connectivity index (χ0) is 17.1. The number of nitrogens with two attached hydrogens (primary N) is 1. The molecule has 1 amide bonds. The Kier molecular flexibility index (Phi) is 4.52. The zero-order valence-electron chi connectivity index (χ0n) is 12.6. The number of nitrogens with one attached hydrogen (secondary N) is 1. The summed E-state index contributed by atoms with van der Waals surface area (Å²) in [7, 11) is 0. The Morgan fingerprint density at radius 3 is 2.92 bits per heavy atom. The van der Waals surface area contributed by atoms with Crippen LogP contribution in [0, 0.1) is 5.82 Å². The molecule has 9 heteroatoms. The third-order valence-electron chi connectivity index (χ3n) is 3.15. The van der Waals surface area contributed by atoms with Gasteiger partial charge in [0, 0.05) is 5.69 Å². The molecule has 1 aromatic carbocycles. The normalized spacial score (nSPS) is 12.1. The van der Waals surface area contributed by atoms with Crippen LogP contribution in [0.15, 0.2) is 52.2 Å². The fourth-order valence-electron chi connectivity index (χ4n) is 1.95. The summed E-state index contributed by atoms with van der Waals surface area (Å²) in [6.45, 7) is 1.69. The van der Waals surface area contributed by atoms with Crippen molar-refractivity contribution in [2.75, 3.05) is 11.2 Å². The average molecular weight is 347 g/mol. The second-order valence-electron chi connectivity index (χ2n) is 4.91. The number of benzene rings is 1. The van der Waals surface area contributed by atoms with Gasteiger partial charge in [-0.3, -0.25) is 4.79 Å². The first-order chi connectivity index (χ1) is 11.5. The van der Waals surface area contributed by atoms with Crippen LogP contribution in [0.5, 0.6) is 0 Å². The number of furan rings is 1. The Labute approximate surface area is 141 Å². The maximum Gasteiger partial charge on any atom is 0.237 e. The van der Waals surface area contributed by atoms with Crippen molar-refractivity contribution in [1.82, 2.24) is 14.9 Å². The molecule has 3 aromatic rings. The van der Waals surface area contributed by atoms with Gasteiger partial charge in [-0.1, -0.05) is 17.8 Å². The fraction of sp³-hybridized carbons (Fsp3) is 0.133. The van der Waals surface area contributed by atoms with Gasteiger partial charge >= 0.3 is 0 Å². The van der Waals surface area contributed by atoms with E-state index in [1.807, 2.05) is 0 Å². The van der Waals surface area contributed by atoms with Crippen molar-refractivity contribution in [1.29, 1.82) is 0 Å². The Bertz CT molecular complexity index is 849. The smallest absolute Gasteiger partial charge is 0.237 e. The molecule has 124 valence electrons. The monoisotopic (exact) mass is 347 g/mol. The standard InChI is InChI=1S/C15H14FN5O2S/c1-9(14(22)18-11-5-2-4-10(16)8-11)24-15-20-19-13(21(15)17)12-6-3-7-23-12/h2-9H,17H2,1H3,(H,18,22)/t9-/m1/s1. The highest BCUT2D eigenvalue weighted by molar-refractivity contribution is 8.00. The van der Waals surface area contributed by atoms with Gasteiger partial charge in [-0.05, 0) is 37.3 Å². The average Bonchev–Trinajstić information content (AvgIpc) is 3.18. The molecule has 0 spiro atoms. The summed E-state index contributed by atoms with van der Waals surface area (Å²) in [6, 6.07) is 9.11. The van der Waals surface area contributed by atoms with E-state index in [2.05, 4.69) is 15.5 Å². The van der Waals surface area contributed by atoms with Crippen LogP contribution in [0.1, 0.15) is 6.92 Å². The SMILES string of the molecule is C[C@@H](Sc1nnc(-c2ccco2)n1N)C(=O)Nc1cccc(F)c1. The van der Waals surface area contributed by atoms with Gasteiger partial charge in [-0.25, -0.2) is 9.07 Å². The molecule has 24 heavy (non-hydrogen) atoms. The minimum Gasteiger partial charge on any atom is -0.461 e. The third-order valence-corrected chi connectivity index (χ3v) is 4.21. The summed E-state index contributed by atoms with van der Waals surface area (Å²) in [5.41, 5.74) is 0.387. The Morgan fingerprint density at radius 1 is 1.38 bits per heavy atom. The van der Waals surface area contributed by atoms with Crippen molar-refractivity contribution in [2.24, 2.45) is 0 Å². The van der Waals surface area contributed by atoms with Crippen LogP contribution in [0.2, 0.25) is 0 Å². The minimum atomic E-state index is -0.510. The Hall–Kier alpha value is -2.81. The van der Waals surface area contributed by atoms with Gasteiger partial charge in [-0.15, -0.1) is 10.2 Å². The molecule has 0 aliphatic heterocycles. The number of amides is 1. The van der Waals surface area contributed by atoms with Crippen molar-refractivity contribution in [3.05, 3.63) is 48.5 Å². The lowest BCUT2D eigenvalue weighted by molar-refractivity contribution is -0.115. The fourth-order valence-corrected chi connectivity index (χ4v) is 2.72. The number of halogens is 1. The Balaban J connectivity index is 1.68. The number of aromatic nitrogens is 3. The van der Waals surface area contributed by atoms with E-state index in [1.165, 1.54) is 29.1 Å². The predicted octanol–water partition coefficient (Wildman–Crippen LogP) is 2.51. The van der Waals surface area contributed by atoms with Gasteiger partial charge in [0.1, 0.15) is 5.82 Å². The van der Waals surface area contributed by atoms with E-state index in [0.29, 0.717) is 22.4 Å². The molecule has 0 saturated carbocycles. The lowest BCUT2D eigenvalue weighted by Crippen LogP contribution is -2.23. The van der Waals surface area contributed by atoms with Crippen LogP contribution in [-0.2, 0) is 4.79 Å². The van der Waals surface area contributed by atoms with E-state index in [9.17, 15) is 9.18 Å². The van der Waals surface area contributed by atoms with Crippen LogP contribution in [0.25, 0.3) is 11.6 Å². The van der Waals surface area contributed by atoms with Crippen LogP contribution in [0.4, 0.5) is 10.1 Å². The first-order valence-corrected chi connectivity index (χ1v) is 7.90. The van der Waals surface area contributed by atoms with Crippen LogP contribution >= 0.6 is 11.8 Å². The molecular weight excluding hydrogens is 333 g/mol. The second-order valence-corrected chi connectivity index (χ2v) is 6.22. The first-order valence-electron chi connectivity index (χ1n) is 7.02. The molecule has 1 atom stereocenters. The highest BCUT2D eigenvalue weighted by atomic mass is 32.2. The second kappa shape index (κ2) is 6.75. The van der Waals surface area contributed by atoms with Crippen molar-refractivity contribution in [2.45, 2.75) is 17.3 Å². The molecule has 2 aromatic heterocycles. The molecule has 2 heterocycles. The molecular formula is C15H14FN5O2S. The zero-order valence-corrected chi connectivity index (χ0v) is 13.5. The van der Waals surface area contributed by atoms with E-state index < -0.39 is 11.1 Å². The number of nitrogens with zero attached hydrogens (tertiary/aromatic N) is 3. The summed E-state index contributed by atoms with van der Waals surface area (Å²) in [4.78, 5) is 12.2. The summed E-state index contributed by atoms with van der Waals surface area (Å²) in [5.74, 6) is 6.07. The van der Waals surface area contributed by atoms with Gasteiger partial charge in [0.05, 0.1) is 11.5 Å². The largest absolute Gasteiger partial charge is 0.461 e. The highest BCUT2D eigenvalue weighted by Crippen LogP contribution is 2.25. The molecule has 0 bridgehead atoms. The lowest BCUT2D eigenvalue weighted by atomic mass is 10.3. The van der Waals surface area contributed by atoms with Gasteiger partial charge in [-0.2, -0.15) is 0 Å². The number of thioether (sulfide) groups is 1. The summed E-state index contributed by atoms with van der Waals surface area (Å²) in [5, 5.41) is 10.4. The lowest BCUT2D eigenvalue weighted by Gasteiger charge is -2.11. The number of hydrogen-bond acceptors (Lipinski definition) is 6. The van der Waals surface area contributed by atoms with Crippen molar-refractivity contribution in [3.8, 4) is 11.6 Å². The molecule has 0 saturated heterocycles. The number of hydrogen-bond donors (Lipinski definition) is 2. The quantitative estimate of drug-likeness (QED) is 0.543. The van der Waals surface area contributed by atoms with E-state index in [-0.39, 0.29) is 5.91 Å².